The monoisotopic (exact) mass is 567 g/mol. The lowest BCUT2D eigenvalue weighted by atomic mass is 9.77. The zero-order valence-corrected chi connectivity index (χ0v) is 25.1. The standard InChI is InChI=1S/C34H41N5O3/c1-5-8-30-29(21-24-11-13-25(14-12-24)28-10-7-6-9-26(28)22-35)31(40)38(32-36-23-37-39(30)32)27-15-17-34(42-4,18-16-27)20-19-33(2,3)41/h6-7,9-14,23,27,41H,5,8,15-21H2,1-4H3/t27-,34+. The molecule has 0 saturated heterocycles. The fourth-order valence-corrected chi connectivity index (χ4v) is 6.39. The van der Waals surface area contributed by atoms with Gasteiger partial charge in [0.15, 0.2) is 0 Å². The number of aromatic nitrogens is 4. The van der Waals surface area contributed by atoms with Crippen LogP contribution in [0.4, 0.5) is 0 Å². The highest BCUT2D eigenvalue weighted by Gasteiger charge is 2.38. The van der Waals surface area contributed by atoms with Gasteiger partial charge in [-0.3, -0.25) is 9.36 Å². The molecule has 42 heavy (non-hydrogen) atoms. The first-order chi connectivity index (χ1) is 20.2. The first kappa shape index (κ1) is 29.7. The van der Waals surface area contributed by atoms with E-state index in [1.54, 1.807) is 13.4 Å². The van der Waals surface area contributed by atoms with Crippen molar-refractivity contribution in [2.45, 2.75) is 95.8 Å². The van der Waals surface area contributed by atoms with E-state index in [0.29, 0.717) is 24.2 Å². The Bertz CT molecular complexity index is 1630. The van der Waals surface area contributed by atoms with Gasteiger partial charge in [-0.25, -0.2) is 4.52 Å². The summed E-state index contributed by atoms with van der Waals surface area (Å²) in [5.41, 5.74) is 4.18. The summed E-state index contributed by atoms with van der Waals surface area (Å²) in [6.45, 7) is 5.78. The van der Waals surface area contributed by atoms with E-state index in [0.717, 1.165) is 72.9 Å². The second-order valence-electron chi connectivity index (χ2n) is 12.3. The second-order valence-corrected chi connectivity index (χ2v) is 12.3. The van der Waals surface area contributed by atoms with Crippen LogP contribution in [0.1, 0.15) is 94.1 Å². The molecule has 1 N–H and O–H groups in total. The number of ether oxygens (including phenoxy) is 1. The molecule has 0 bridgehead atoms. The summed E-state index contributed by atoms with van der Waals surface area (Å²) in [5, 5.41) is 24.4. The largest absolute Gasteiger partial charge is 0.390 e. The molecule has 8 heteroatoms. The molecule has 0 unspecified atom stereocenters. The van der Waals surface area contributed by atoms with Gasteiger partial charge in [0.05, 0.1) is 28.5 Å². The molecule has 0 spiro atoms. The van der Waals surface area contributed by atoms with E-state index < -0.39 is 5.60 Å². The summed E-state index contributed by atoms with van der Waals surface area (Å²) in [6.07, 6.45) is 8.31. The quantitative estimate of drug-likeness (QED) is 0.251. The molecular formula is C34H41N5O3. The number of methoxy groups -OCH3 is 1. The number of hydrogen-bond acceptors (Lipinski definition) is 6. The molecule has 0 atom stereocenters. The summed E-state index contributed by atoms with van der Waals surface area (Å²) in [7, 11) is 1.76. The molecule has 220 valence electrons. The van der Waals surface area contributed by atoms with Crippen molar-refractivity contribution in [1.29, 1.82) is 5.26 Å². The molecule has 2 heterocycles. The van der Waals surface area contributed by atoms with E-state index in [1.165, 1.54) is 0 Å². The van der Waals surface area contributed by atoms with Crippen LogP contribution < -0.4 is 5.56 Å². The third-order valence-electron chi connectivity index (χ3n) is 8.86. The predicted octanol–water partition coefficient (Wildman–Crippen LogP) is 6.02. The number of nitrogens with zero attached hydrogens (tertiary/aromatic N) is 5. The van der Waals surface area contributed by atoms with E-state index in [9.17, 15) is 15.2 Å². The van der Waals surface area contributed by atoms with Gasteiger partial charge in [-0.05, 0) is 81.5 Å². The Morgan fingerprint density at radius 1 is 1.14 bits per heavy atom. The maximum atomic E-state index is 14.3. The number of benzene rings is 2. The molecule has 0 radical (unpaired) electrons. The van der Waals surface area contributed by atoms with Crippen LogP contribution in [0.25, 0.3) is 16.9 Å². The minimum Gasteiger partial charge on any atom is -0.390 e. The van der Waals surface area contributed by atoms with Crippen LogP contribution >= 0.6 is 0 Å². The summed E-state index contributed by atoms with van der Waals surface area (Å²) in [6, 6.07) is 18.0. The van der Waals surface area contributed by atoms with E-state index in [4.69, 9.17) is 4.74 Å². The maximum Gasteiger partial charge on any atom is 0.259 e. The number of nitriles is 1. The molecule has 0 aliphatic heterocycles. The molecule has 1 saturated carbocycles. The molecule has 8 nitrogen and oxygen atoms in total. The summed E-state index contributed by atoms with van der Waals surface area (Å²) in [4.78, 5) is 18.9. The lowest BCUT2D eigenvalue weighted by Gasteiger charge is -2.41. The lowest BCUT2D eigenvalue weighted by molar-refractivity contribution is -0.0684. The fraction of sp³-hybridized carbons (Fsp3) is 0.471. The SMILES string of the molecule is CCCc1c(Cc2ccc(-c3ccccc3C#N)cc2)c(=O)n([C@H]2CC[C@@](CCC(C)(C)O)(OC)CC2)c2ncnn12. The van der Waals surface area contributed by atoms with Gasteiger partial charge in [0.2, 0.25) is 5.78 Å². The fourth-order valence-electron chi connectivity index (χ4n) is 6.39. The van der Waals surface area contributed by atoms with Crippen LogP contribution in [0.15, 0.2) is 59.7 Å². The van der Waals surface area contributed by atoms with Crippen LogP contribution in [0.3, 0.4) is 0 Å². The second kappa shape index (κ2) is 12.2. The van der Waals surface area contributed by atoms with E-state index >= 15 is 0 Å². The topological polar surface area (TPSA) is 105 Å². The zero-order chi connectivity index (χ0) is 29.9. The zero-order valence-electron chi connectivity index (χ0n) is 25.1. The van der Waals surface area contributed by atoms with Crippen molar-refractivity contribution in [3.05, 3.63) is 87.6 Å². The van der Waals surface area contributed by atoms with Gasteiger partial charge >= 0.3 is 0 Å². The Hall–Kier alpha value is -3.80. The minimum atomic E-state index is -0.742. The molecule has 4 aromatic rings. The Morgan fingerprint density at radius 3 is 2.50 bits per heavy atom. The van der Waals surface area contributed by atoms with Crippen molar-refractivity contribution in [1.82, 2.24) is 19.2 Å². The van der Waals surface area contributed by atoms with Crippen molar-refractivity contribution >= 4 is 5.78 Å². The molecule has 0 amide bonds. The number of hydrogen-bond donors (Lipinski definition) is 1. The van der Waals surface area contributed by atoms with Crippen LogP contribution in [-0.2, 0) is 17.6 Å². The van der Waals surface area contributed by atoms with Crippen LogP contribution in [0, 0.1) is 11.3 Å². The van der Waals surface area contributed by atoms with Gasteiger partial charge in [0, 0.05) is 25.1 Å². The van der Waals surface area contributed by atoms with Crippen molar-refractivity contribution in [2.24, 2.45) is 0 Å². The van der Waals surface area contributed by atoms with E-state index in [2.05, 4.69) is 23.1 Å². The molecule has 1 fully saturated rings. The van der Waals surface area contributed by atoms with Gasteiger partial charge in [-0.2, -0.15) is 15.3 Å². The van der Waals surface area contributed by atoms with Crippen LogP contribution in [0.2, 0.25) is 0 Å². The maximum absolute atomic E-state index is 14.3. The first-order valence-corrected chi connectivity index (χ1v) is 15.0. The predicted molar refractivity (Wildman–Crippen MR) is 163 cm³/mol. The number of rotatable bonds is 10. The third kappa shape index (κ3) is 6.04. The normalized spacial score (nSPS) is 19.2. The average Bonchev–Trinajstić information content (AvgIpc) is 3.48. The molecule has 1 aliphatic rings. The summed E-state index contributed by atoms with van der Waals surface area (Å²) in [5.74, 6) is 0.599. The molecule has 5 rings (SSSR count). The highest BCUT2D eigenvalue weighted by Crippen LogP contribution is 2.41. The van der Waals surface area contributed by atoms with Gasteiger partial charge in [-0.15, -0.1) is 0 Å². The van der Waals surface area contributed by atoms with Crippen molar-refractivity contribution < 1.29 is 9.84 Å². The summed E-state index contributed by atoms with van der Waals surface area (Å²) >= 11 is 0. The number of aryl methyl sites for hydroxylation is 1. The van der Waals surface area contributed by atoms with E-state index in [1.807, 2.05) is 71.5 Å². The van der Waals surface area contributed by atoms with E-state index in [-0.39, 0.29) is 17.2 Å². The smallest absolute Gasteiger partial charge is 0.259 e. The Kier molecular flexibility index (Phi) is 8.63. The lowest BCUT2D eigenvalue weighted by Crippen LogP contribution is -2.41. The minimum absolute atomic E-state index is 0.00395. The highest BCUT2D eigenvalue weighted by atomic mass is 16.5. The van der Waals surface area contributed by atoms with Crippen molar-refractivity contribution in [3.63, 3.8) is 0 Å². The molecule has 2 aromatic carbocycles. The Morgan fingerprint density at radius 2 is 1.86 bits per heavy atom. The third-order valence-corrected chi connectivity index (χ3v) is 8.86. The highest BCUT2D eigenvalue weighted by molar-refractivity contribution is 5.70. The van der Waals surface area contributed by atoms with Gasteiger partial charge in [-0.1, -0.05) is 55.8 Å². The number of fused-ring (bicyclic) bond motifs is 1. The van der Waals surface area contributed by atoms with Crippen LogP contribution in [-0.4, -0.2) is 42.6 Å². The van der Waals surface area contributed by atoms with Crippen molar-refractivity contribution in [3.8, 4) is 17.2 Å². The number of aliphatic hydroxyl groups is 1. The van der Waals surface area contributed by atoms with Crippen molar-refractivity contribution in [2.75, 3.05) is 7.11 Å². The average molecular weight is 568 g/mol. The molecular weight excluding hydrogens is 526 g/mol. The first-order valence-electron chi connectivity index (χ1n) is 15.0. The van der Waals surface area contributed by atoms with Gasteiger partial charge < -0.3 is 9.84 Å². The molecule has 1 aliphatic carbocycles. The Balaban J connectivity index is 1.48. The van der Waals surface area contributed by atoms with Gasteiger partial charge in [0.25, 0.3) is 5.56 Å². The van der Waals surface area contributed by atoms with Gasteiger partial charge in [0.1, 0.15) is 6.33 Å². The Labute approximate surface area is 247 Å². The molecule has 2 aromatic heterocycles. The van der Waals surface area contributed by atoms with Crippen LogP contribution in [0.5, 0.6) is 0 Å². The summed E-state index contributed by atoms with van der Waals surface area (Å²) < 4.78 is 9.76.